The van der Waals surface area contributed by atoms with E-state index in [9.17, 15) is 19.8 Å². The SMILES string of the molecule is CSC(C)C(=O)[O-].CSC(C)C(=O)[O-].[Zn+2]. The molecular weight excluding hydrogens is 290 g/mol. The summed E-state index contributed by atoms with van der Waals surface area (Å²) in [6.07, 6.45) is 3.47. The Balaban J connectivity index is -0.000000180. The van der Waals surface area contributed by atoms with Gasteiger partial charge in [-0.1, -0.05) is 0 Å². The van der Waals surface area contributed by atoms with Gasteiger partial charge in [-0.25, -0.2) is 0 Å². The molecule has 0 aromatic carbocycles. The van der Waals surface area contributed by atoms with Gasteiger partial charge in [0.05, 0.1) is 11.9 Å². The third kappa shape index (κ3) is 14.3. The second-order valence-corrected chi connectivity index (χ2v) is 4.75. The molecule has 0 aromatic rings. The van der Waals surface area contributed by atoms with Crippen molar-refractivity contribution in [3.63, 3.8) is 0 Å². The van der Waals surface area contributed by atoms with Crippen LogP contribution in [0.15, 0.2) is 0 Å². The van der Waals surface area contributed by atoms with Crippen molar-refractivity contribution >= 4 is 35.5 Å². The molecule has 0 rings (SSSR count). The monoisotopic (exact) mass is 302 g/mol. The number of thioether (sulfide) groups is 2. The van der Waals surface area contributed by atoms with Crippen molar-refractivity contribution in [1.29, 1.82) is 0 Å². The number of carbonyl (C=O) groups excluding carboxylic acids is 2. The van der Waals surface area contributed by atoms with Gasteiger partial charge in [0.25, 0.3) is 0 Å². The van der Waals surface area contributed by atoms with Crippen molar-refractivity contribution in [3.8, 4) is 0 Å². The molecule has 0 fully saturated rings. The van der Waals surface area contributed by atoms with Crippen LogP contribution in [0.1, 0.15) is 13.8 Å². The Morgan fingerprint density at radius 2 is 1.13 bits per heavy atom. The van der Waals surface area contributed by atoms with E-state index in [4.69, 9.17) is 0 Å². The Kier molecular flexibility index (Phi) is 17.0. The fourth-order valence-electron chi connectivity index (χ4n) is 0.192. The summed E-state index contributed by atoms with van der Waals surface area (Å²) in [4.78, 5) is 19.6. The summed E-state index contributed by atoms with van der Waals surface area (Å²) in [5, 5.41) is 18.8. The summed E-state index contributed by atoms with van der Waals surface area (Å²) < 4.78 is 0. The summed E-state index contributed by atoms with van der Waals surface area (Å²) >= 11 is 2.54. The topological polar surface area (TPSA) is 80.3 Å². The molecule has 84 valence electrons. The Hall–Kier alpha value is 0.263. The molecule has 0 saturated carbocycles. The largest absolute Gasteiger partial charge is 2.00 e. The zero-order valence-electron chi connectivity index (χ0n) is 9.31. The Morgan fingerprint density at radius 3 is 1.13 bits per heavy atom. The molecule has 0 heterocycles. The van der Waals surface area contributed by atoms with E-state index in [0.29, 0.717) is 0 Å². The molecule has 4 nitrogen and oxygen atoms in total. The van der Waals surface area contributed by atoms with Gasteiger partial charge in [-0.15, -0.1) is 0 Å². The van der Waals surface area contributed by atoms with E-state index in [1.807, 2.05) is 0 Å². The van der Waals surface area contributed by atoms with E-state index in [-0.39, 0.29) is 30.0 Å². The second kappa shape index (κ2) is 12.3. The van der Waals surface area contributed by atoms with Gasteiger partial charge >= 0.3 is 19.5 Å². The maximum Gasteiger partial charge on any atom is 2.00 e. The van der Waals surface area contributed by atoms with E-state index in [1.165, 1.54) is 23.5 Å². The predicted molar refractivity (Wildman–Crippen MR) is 56.0 cm³/mol. The molecule has 0 amide bonds. The summed E-state index contributed by atoms with van der Waals surface area (Å²) in [5.74, 6) is -1.99. The molecule has 0 spiro atoms. The van der Waals surface area contributed by atoms with Crippen LogP contribution >= 0.6 is 23.5 Å². The standard InChI is InChI=1S/2C4H8O2S.Zn/c2*1-3(7-2)4(5)6;/h2*3H,1-2H3,(H,5,6);/q;;+2/p-2. The van der Waals surface area contributed by atoms with E-state index in [2.05, 4.69) is 0 Å². The molecule has 0 aliphatic rings. The first kappa shape index (κ1) is 20.6. The van der Waals surface area contributed by atoms with Gasteiger partial charge < -0.3 is 19.8 Å². The third-order valence-electron chi connectivity index (χ3n) is 1.37. The Morgan fingerprint density at radius 1 is 0.933 bits per heavy atom. The molecule has 0 bridgehead atoms. The number of aliphatic carboxylic acids is 2. The number of carboxylic acids is 2. The van der Waals surface area contributed by atoms with Gasteiger partial charge in [-0.2, -0.15) is 23.5 Å². The van der Waals surface area contributed by atoms with Crippen LogP contribution in [0, 0.1) is 0 Å². The Bertz CT molecular complexity index is 169. The van der Waals surface area contributed by atoms with Crippen molar-refractivity contribution in [3.05, 3.63) is 0 Å². The van der Waals surface area contributed by atoms with E-state index in [0.717, 1.165) is 0 Å². The number of carboxylic acid groups (broad SMARTS) is 2. The van der Waals surface area contributed by atoms with Crippen LogP contribution in [0.4, 0.5) is 0 Å². The zero-order chi connectivity index (χ0) is 11.7. The van der Waals surface area contributed by atoms with Crippen molar-refractivity contribution in [1.82, 2.24) is 0 Å². The van der Waals surface area contributed by atoms with E-state index in [1.54, 1.807) is 26.4 Å². The van der Waals surface area contributed by atoms with Crippen LogP contribution in [0.25, 0.3) is 0 Å². The molecule has 2 unspecified atom stereocenters. The molecule has 15 heavy (non-hydrogen) atoms. The minimum atomic E-state index is -0.993. The first-order chi connectivity index (χ1) is 6.36. The molecule has 0 N–H and O–H groups in total. The molecule has 0 saturated heterocycles. The van der Waals surface area contributed by atoms with Crippen molar-refractivity contribution in [2.24, 2.45) is 0 Å². The van der Waals surface area contributed by atoms with Crippen LogP contribution < -0.4 is 10.2 Å². The summed E-state index contributed by atoms with van der Waals surface area (Å²) in [6.45, 7) is 3.19. The van der Waals surface area contributed by atoms with Crippen LogP contribution in [0.2, 0.25) is 0 Å². The van der Waals surface area contributed by atoms with Crippen molar-refractivity contribution in [2.75, 3.05) is 12.5 Å². The van der Waals surface area contributed by atoms with Crippen LogP contribution in [0.5, 0.6) is 0 Å². The summed E-state index contributed by atoms with van der Waals surface area (Å²) in [5.41, 5.74) is 0. The van der Waals surface area contributed by atoms with Crippen molar-refractivity contribution < 1.29 is 39.3 Å². The smallest absolute Gasteiger partial charge is 0.549 e. The molecular formula is C8H14O4S2Zn. The normalized spacial score (nSPS) is 12.5. The fraction of sp³-hybridized carbons (Fsp3) is 0.750. The Labute approximate surface area is 111 Å². The average molecular weight is 304 g/mol. The van der Waals surface area contributed by atoms with Crippen LogP contribution in [0.3, 0.4) is 0 Å². The number of hydrogen-bond acceptors (Lipinski definition) is 6. The van der Waals surface area contributed by atoms with Crippen LogP contribution in [-0.4, -0.2) is 35.0 Å². The molecule has 2 atom stereocenters. The van der Waals surface area contributed by atoms with Crippen molar-refractivity contribution in [2.45, 2.75) is 24.3 Å². The fourth-order valence-corrected chi connectivity index (χ4v) is 0.577. The third-order valence-corrected chi connectivity index (χ3v) is 3.17. The van der Waals surface area contributed by atoms with Gasteiger partial charge in [0.1, 0.15) is 0 Å². The summed E-state index contributed by atoms with van der Waals surface area (Å²) in [6, 6.07) is 0. The number of rotatable bonds is 4. The summed E-state index contributed by atoms with van der Waals surface area (Å²) in [7, 11) is 0. The molecule has 7 heteroatoms. The van der Waals surface area contributed by atoms with E-state index < -0.39 is 11.9 Å². The second-order valence-electron chi connectivity index (χ2n) is 2.39. The van der Waals surface area contributed by atoms with Gasteiger partial charge in [0, 0.05) is 10.5 Å². The number of carbonyl (C=O) groups is 2. The van der Waals surface area contributed by atoms with Gasteiger partial charge in [0.15, 0.2) is 0 Å². The maximum absolute atomic E-state index is 9.80. The number of hydrogen-bond donors (Lipinski definition) is 0. The minimum Gasteiger partial charge on any atom is -0.549 e. The quantitative estimate of drug-likeness (QED) is 0.618. The predicted octanol–water partition coefficient (Wildman–Crippen LogP) is -1.03. The first-order valence-electron chi connectivity index (χ1n) is 3.84. The first-order valence-corrected chi connectivity index (χ1v) is 6.41. The molecule has 0 aliphatic carbocycles. The molecule has 0 aromatic heterocycles. The van der Waals surface area contributed by atoms with Gasteiger partial charge in [0.2, 0.25) is 0 Å². The van der Waals surface area contributed by atoms with Gasteiger partial charge in [-0.3, -0.25) is 0 Å². The van der Waals surface area contributed by atoms with Crippen LogP contribution in [-0.2, 0) is 29.1 Å². The van der Waals surface area contributed by atoms with Gasteiger partial charge in [-0.05, 0) is 26.4 Å². The zero-order valence-corrected chi connectivity index (χ0v) is 13.9. The molecule has 0 radical (unpaired) electrons. The molecule has 0 aliphatic heterocycles. The maximum atomic E-state index is 9.80. The average Bonchev–Trinajstić information content (AvgIpc) is 2.15. The minimum absolute atomic E-state index is 0. The van der Waals surface area contributed by atoms with E-state index >= 15 is 0 Å².